The highest BCUT2D eigenvalue weighted by atomic mass is 16.5. The maximum atomic E-state index is 10.7. The summed E-state index contributed by atoms with van der Waals surface area (Å²) in [6.07, 6.45) is -0.602. The predicted octanol–water partition coefficient (Wildman–Crippen LogP) is -0.0318. The van der Waals surface area contributed by atoms with Crippen LogP contribution in [0.1, 0.15) is 6.92 Å². The molecule has 1 amide bonds. The van der Waals surface area contributed by atoms with E-state index in [4.69, 9.17) is 11.1 Å². The summed E-state index contributed by atoms with van der Waals surface area (Å²) in [5.41, 5.74) is 5.03. The molecule has 0 aliphatic heterocycles. The second-order valence-corrected chi connectivity index (χ2v) is 1.60. The second kappa shape index (κ2) is 3.71. The minimum Gasteiger partial charge on any atom is -0.452 e. The number of hydrogen-bond acceptors (Lipinski definition) is 3. The van der Waals surface area contributed by atoms with Crippen LogP contribution in [0.25, 0.3) is 0 Å². The number of carbonyl (C=O) groups excluding carboxylic acids is 1. The molecule has 0 spiro atoms. The summed E-state index contributed by atoms with van der Waals surface area (Å²) in [6, 6.07) is 0. The Labute approximate surface area is 59.3 Å². The monoisotopic (exact) mass is 145 g/mol. The van der Waals surface area contributed by atoms with Gasteiger partial charge in [-0.2, -0.15) is 0 Å². The average molecular weight is 145 g/mol. The number of rotatable bonds is 1. The lowest BCUT2D eigenvalue weighted by molar-refractivity contribution is 0.147. The Balaban J connectivity index is 4.06. The van der Waals surface area contributed by atoms with Crippen LogP contribution in [-0.2, 0) is 4.74 Å². The van der Waals surface area contributed by atoms with Crippen molar-refractivity contribution in [2.75, 3.05) is 13.7 Å². The number of methoxy groups -OCH3 is 1. The topological polar surface area (TPSA) is 79.4 Å². The first-order chi connectivity index (χ1) is 4.63. The molecule has 5 heteroatoms. The van der Waals surface area contributed by atoms with Crippen LogP contribution in [0.5, 0.6) is 0 Å². The Bertz CT molecular complexity index is 146. The van der Waals surface area contributed by atoms with Gasteiger partial charge in [-0.25, -0.2) is 9.69 Å². The largest absolute Gasteiger partial charge is 0.452 e. The number of amides is 1. The van der Waals surface area contributed by atoms with Gasteiger partial charge < -0.3 is 10.5 Å². The predicted molar refractivity (Wildman–Crippen MR) is 36.7 cm³/mol. The first-order valence-corrected chi connectivity index (χ1v) is 2.83. The zero-order valence-electron chi connectivity index (χ0n) is 6.05. The number of nitrogens with one attached hydrogen (secondary N) is 1. The van der Waals surface area contributed by atoms with Crippen LogP contribution in [0.4, 0.5) is 4.79 Å². The molecule has 3 N–H and O–H groups in total. The van der Waals surface area contributed by atoms with Crippen LogP contribution in [0.15, 0.2) is 0 Å². The summed E-state index contributed by atoms with van der Waals surface area (Å²) in [6.45, 7) is 2.06. The van der Waals surface area contributed by atoms with E-state index in [1.54, 1.807) is 6.92 Å². The van der Waals surface area contributed by atoms with E-state index in [0.717, 1.165) is 4.90 Å². The van der Waals surface area contributed by atoms with Gasteiger partial charge in [0.1, 0.15) is 0 Å². The number of ether oxygens (including phenoxy) is 1. The van der Waals surface area contributed by atoms with Crippen LogP contribution in [0.2, 0.25) is 0 Å². The molecule has 0 radical (unpaired) electrons. The molecule has 58 valence electrons. The third-order valence-corrected chi connectivity index (χ3v) is 1.00. The van der Waals surface area contributed by atoms with Crippen LogP contribution in [-0.4, -0.2) is 30.6 Å². The van der Waals surface area contributed by atoms with Gasteiger partial charge in [-0.1, -0.05) is 0 Å². The lowest BCUT2D eigenvalue weighted by atomic mass is 10.6. The molecule has 0 fully saturated rings. The molecule has 10 heavy (non-hydrogen) atoms. The Kier molecular flexibility index (Phi) is 3.24. The fourth-order valence-electron chi connectivity index (χ4n) is 0.508. The third kappa shape index (κ3) is 1.93. The number of hydrogen-bond donors (Lipinski definition) is 2. The fraction of sp³-hybridized carbons (Fsp3) is 0.600. The fourth-order valence-corrected chi connectivity index (χ4v) is 0.508. The highest BCUT2D eigenvalue weighted by Gasteiger charge is 2.12. The highest BCUT2D eigenvalue weighted by molar-refractivity contribution is 5.91. The van der Waals surface area contributed by atoms with Gasteiger partial charge in [-0.15, -0.1) is 0 Å². The van der Waals surface area contributed by atoms with Crippen molar-refractivity contribution in [2.24, 2.45) is 5.73 Å². The molecule has 0 aliphatic rings. The molecular formula is C5H11N3O2. The smallest absolute Gasteiger partial charge is 0.416 e. The SMILES string of the molecule is CCN(C(=N)N)C(=O)OC. The van der Waals surface area contributed by atoms with E-state index in [0.29, 0.717) is 6.54 Å². The van der Waals surface area contributed by atoms with Crippen molar-refractivity contribution in [3.63, 3.8) is 0 Å². The van der Waals surface area contributed by atoms with Crippen molar-refractivity contribution in [3.05, 3.63) is 0 Å². The Morgan fingerprint density at radius 3 is 2.40 bits per heavy atom. The zero-order valence-corrected chi connectivity index (χ0v) is 6.05. The van der Waals surface area contributed by atoms with Gasteiger partial charge in [0, 0.05) is 6.54 Å². The van der Waals surface area contributed by atoms with E-state index < -0.39 is 6.09 Å². The minimum absolute atomic E-state index is 0.297. The molecule has 0 unspecified atom stereocenters. The molecule has 0 aromatic heterocycles. The molecule has 0 saturated heterocycles. The molecule has 0 bridgehead atoms. The van der Waals surface area contributed by atoms with Crippen molar-refractivity contribution >= 4 is 12.1 Å². The van der Waals surface area contributed by atoms with Gasteiger partial charge >= 0.3 is 6.09 Å². The summed E-state index contributed by atoms with van der Waals surface area (Å²) in [4.78, 5) is 11.7. The average Bonchev–Trinajstić information content (AvgIpc) is 1.88. The van der Waals surface area contributed by atoms with Crippen molar-refractivity contribution in [1.29, 1.82) is 5.41 Å². The molecule has 0 rings (SSSR count). The number of guanidine groups is 1. The van der Waals surface area contributed by atoms with Crippen LogP contribution in [0.3, 0.4) is 0 Å². The first kappa shape index (κ1) is 8.74. The van der Waals surface area contributed by atoms with Gasteiger partial charge in [0.25, 0.3) is 0 Å². The summed E-state index contributed by atoms with van der Waals surface area (Å²) < 4.78 is 4.33. The third-order valence-electron chi connectivity index (χ3n) is 1.00. The van der Waals surface area contributed by atoms with Crippen LogP contribution in [0, 0.1) is 5.41 Å². The van der Waals surface area contributed by atoms with E-state index in [2.05, 4.69) is 4.74 Å². The second-order valence-electron chi connectivity index (χ2n) is 1.60. The number of carbonyl (C=O) groups is 1. The molecule has 0 atom stereocenters. The van der Waals surface area contributed by atoms with E-state index in [1.807, 2.05) is 0 Å². The van der Waals surface area contributed by atoms with E-state index in [1.165, 1.54) is 7.11 Å². The lowest BCUT2D eigenvalue weighted by Crippen LogP contribution is -2.40. The molecule has 0 aromatic rings. The Morgan fingerprint density at radius 1 is 1.80 bits per heavy atom. The summed E-state index contributed by atoms with van der Waals surface area (Å²) in [5.74, 6) is -0.297. The van der Waals surface area contributed by atoms with Gasteiger partial charge in [0.05, 0.1) is 7.11 Å². The Hall–Kier alpha value is -1.26. The van der Waals surface area contributed by atoms with Crippen LogP contribution >= 0.6 is 0 Å². The molecule has 5 nitrogen and oxygen atoms in total. The molecule has 0 aromatic carbocycles. The molecule has 0 heterocycles. The molecular weight excluding hydrogens is 134 g/mol. The van der Waals surface area contributed by atoms with Gasteiger partial charge in [-0.3, -0.25) is 5.41 Å². The van der Waals surface area contributed by atoms with Gasteiger partial charge in [0.2, 0.25) is 0 Å². The van der Waals surface area contributed by atoms with Gasteiger partial charge in [-0.05, 0) is 6.92 Å². The number of nitrogens with two attached hydrogens (primary N) is 1. The maximum Gasteiger partial charge on any atom is 0.416 e. The standard InChI is InChI=1S/C5H11N3O2/c1-3-8(4(6)7)5(9)10-2/h3H2,1-2H3,(H3,6,7). The lowest BCUT2D eigenvalue weighted by Gasteiger charge is -2.15. The molecule has 0 saturated carbocycles. The van der Waals surface area contributed by atoms with Crippen molar-refractivity contribution in [2.45, 2.75) is 6.92 Å². The van der Waals surface area contributed by atoms with Crippen molar-refractivity contribution in [1.82, 2.24) is 4.90 Å². The maximum absolute atomic E-state index is 10.7. The van der Waals surface area contributed by atoms with E-state index >= 15 is 0 Å². The quantitative estimate of drug-likeness (QED) is 0.401. The summed E-state index contributed by atoms with van der Waals surface area (Å²) in [5, 5.41) is 6.89. The zero-order chi connectivity index (χ0) is 8.15. The summed E-state index contributed by atoms with van der Waals surface area (Å²) in [7, 11) is 1.24. The van der Waals surface area contributed by atoms with Crippen LogP contribution < -0.4 is 5.73 Å². The minimum atomic E-state index is -0.602. The van der Waals surface area contributed by atoms with Crippen molar-refractivity contribution < 1.29 is 9.53 Å². The highest BCUT2D eigenvalue weighted by Crippen LogP contribution is 1.89. The van der Waals surface area contributed by atoms with E-state index in [9.17, 15) is 4.79 Å². The molecule has 0 aliphatic carbocycles. The van der Waals surface area contributed by atoms with Gasteiger partial charge in [0.15, 0.2) is 5.96 Å². The first-order valence-electron chi connectivity index (χ1n) is 2.83. The number of nitrogens with zero attached hydrogens (tertiary/aromatic N) is 1. The van der Waals surface area contributed by atoms with E-state index in [-0.39, 0.29) is 5.96 Å². The van der Waals surface area contributed by atoms with Crippen molar-refractivity contribution in [3.8, 4) is 0 Å². The summed E-state index contributed by atoms with van der Waals surface area (Å²) >= 11 is 0. The Morgan fingerprint density at radius 2 is 2.30 bits per heavy atom. The normalized spacial score (nSPS) is 8.60.